The van der Waals surface area contributed by atoms with E-state index < -0.39 is 0 Å². The summed E-state index contributed by atoms with van der Waals surface area (Å²) in [4.78, 5) is 4.45. The predicted octanol–water partition coefficient (Wildman–Crippen LogP) is 2.41. The van der Waals surface area contributed by atoms with Crippen molar-refractivity contribution in [1.82, 2.24) is 20.5 Å². The van der Waals surface area contributed by atoms with Crippen molar-refractivity contribution in [3.05, 3.63) is 36.4 Å². The van der Waals surface area contributed by atoms with Gasteiger partial charge in [-0.2, -0.15) is 5.10 Å². The number of aromatic nitrogens is 3. The van der Waals surface area contributed by atoms with Crippen molar-refractivity contribution in [3.8, 4) is 11.6 Å². The van der Waals surface area contributed by atoms with Crippen LogP contribution in [0.2, 0.25) is 0 Å². The van der Waals surface area contributed by atoms with E-state index in [1.807, 2.05) is 12.1 Å². The van der Waals surface area contributed by atoms with Gasteiger partial charge >= 0.3 is 0 Å². The van der Waals surface area contributed by atoms with Crippen molar-refractivity contribution < 1.29 is 4.42 Å². The number of fused-ring (bicyclic) bond motifs is 2. The number of hydrogen-bond acceptors (Lipinski definition) is 4. The van der Waals surface area contributed by atoms with E-state index in [0.717, 1.165) is 43.1 Å². The van der Waals surface area contributed by atoms with E-state index in [2.05, 4.69) is 32.7 Å². The first kappa shape index (κ1) is 12.8. The fourth-order valence-corrected chi connectivity index (χ4v) is 3.55. The molecule has 2 aromatic heterocycles. The molecular formula is C16H20N4O. The summed E-state index contributed by atoms with van der Waals surface area (Å²) in [7, 11) is 0. The number of aromatic amines is 1. The van der Waals surface area contributed by atoms with Gasteiger partial charge in [-0.3, -0.25) is 5.10 Å². The standard InChI is InChI=1S/C16H20N4O/c1-2-14(21-7-1)16-18-15(19-20-16)5-6-17-10-13-9-11-3-4-12(13)8-11/h1-4,7,11-13,17H,5-6,8-10H2,(H,18,19,20)/t11-,12-,13-/m0/s1. The van der Waals surface area contributed by atoms with Gasteiger partial charge in [0.15, 0.2) is 5.76 Å². The van der Waals surface area contributed by atoms with Crippen LogP contribution in [0.15, 0.2) is 35.0 Å². The number of allylic oxidation sites excluding steroid dienone is 2. The third-order valence-electron chi connectivity index (χ3n) is 4.63. The van der Waals surface area contributed by atoms with Crippen molar-refractivity contribution in [2.45, 2.75) is 19.3 Å². The molecule has 110 valence electrons. The number of furan rings is 1. The molecule has 5 nitrogen and oxygen atoms in total. The second-order valence-electron chi connectivity index (χ2n) is 6.08. The summed E-state index contributed by atoms with van der Waals surface area (Å²) in [5.74, 6) is 4.74. The summed E-state index contributed by atoms with van der Waals surface area (Å²) in [5, 5.41) is 10.7. The third-order valence-corrected chi connectivity index (χ3v) is 4.63. The van der Waals surface area contributed by atoms with E-state index in [-0.39, 0.29) is 0 Å². The van der Waals surface area contributed by atoms with Gasteiger partial charge in [0.2, 0.25) is 5.82 Å². The van der Waals surface area contributed by atoms with E-state index in [0.29, 0.717) is 11.6 Å². The highest BCUT2D eigenvalue weighted by Gasteiger charge is 2.34. The van der Waals surface area contributed by atoms with Crippen LogP contribution in [0.3, 0.4) is 0 Å². The normalized spacial score (nSPS) is 26.8. The van der Waals surface area contributed by atoms with Crippen LogP contribution in [-0.2, 0) is 6.42 Å². The molecule has 2 N–H and O–H groups in total. The number of nitrogens with one attached hydrogen (secondary N) is 2. The van der Waals surface area contributed by atoms with Crippen LogP contribution < -0.4 is 5.32 Å². The summed E-state index contributed by atoms with van der Waals surface area (Å²) >= 11 is 0. The number of rotatable bonds is 6. The Morgan fingerprint density at radius 2 is 2.33 bits per heavy atom. The highest BCUT2D eigenvalue weighted by molar-refractivity contribution is 5.45. The zero-order chi connectivity index (χ0) is 14.1. The summed E-state index contributed by atoms with van der Waals surface area (Å²) in [6.45, 7) is 2.05. The zero-order valence-electron chi connectivity index (χ0n) is 12.0. The van der Waals surface area contributed by atoms with Crippen LogP contribution in [0, 0.1) is 17.8 Å². The first-order chi connectivity index (χ1) is 10.4. The molecule has 2 bridgehead atoms. The number of H-pyrrole nitrogens is 1. The SMILES string of the molecule is C1=C[C@H]2C[C@H]1C[C@H]2CNCCc1nc(-c2ccco2)n[nH]1. The fourth-order valence-electron chi connectivity index (χ4n) is 3.55. The quantitative estimate of drug-likeness (QED) is 0.631. The third kappa shape index (κ3) is 2.65. The van der Waals surface area contributed by atoms with Crippen LogP contribution in [0.1, 0.15) is 18.7 Å². The molecule has 21 heavy (non-hydrogen) atoms. The van der Waals surface area contributed by atoms with Crippen molar-refractivity contribution >= 4 is 0 Å². The van der Waals surface area contributed by atoms with Gasteiger partial charge in [0, 0.05) is 13.0 Å². The maximum Gasteiger partial charge on any atom is 0.216 e. The van der Waals surface area contributed by atoms with E-state index >= 15 is 0 Å². The van der Waals surface area contributed by atoms with Crippen LogP contribution in [-0.4, -0.2) is 28.3 Å². The second-order valence-corrected chi connectivity index (χ2v) is 6.08. The molecule has 0 radical (unpaired) electrons. The topological polar surface area (TPSA) is 66.7 Å². The molecule has 1 fully saturated rings. The Bertz CT molecular complexity index is 616. The van der Waals surface area contributed by atoms with Crippen LogP contribution in [0.5, 0.6) is 0 Å². The maximum absolute atomic E-state index is 5.29. The van der Waals surface area contributed by atoms with Gasteiger partial charge in [0.25, 0.3) is 0 Å². The van der Waals surface area contributed by atoms with Gasteiger partial charge in [-0.15, -0.1) is 0 Å². The second kappa shape index (κ2) is 5.48. The Balaban J connectivity index is 1.23. The van der Waals surface area contributed by atoms with Crippen molar-refractivity contribution in [2.24, 2.45) is 17.8 Å². The molecule has 0 saturated heterocycles. The largest absolute Gasteiger partial charge is 0.461 e. The van der Waals surface area contributed by atoms with Crippen molar-refractivity contribution in [2.75, 3.05) is 13.1 Å². The lowest BCUT2D eigenvalue weighted by Gasteiger charge is -2.18. The Kier molecular flexibility index (Phi) is 3.35. The molecule has 0 unspecified atom stereocenters. The lowest BCUT2D eigenvalue weighted by molar-refractivity contribution is 0.415. The molecule has 3 atom stereocenters. The molecule has 2 aliphatic rings. The van der Waals surface area contributed by atoms with E-state index in [9.17, 15) is 0 Å². The van der Waals surface area contributed by atoms with Gasteiger partial charge in [0.1, 0.15) is 5.82 Å². The molecule has 2 aliphatic carbocycles. The Morgan fingerprint density at radius 1 is 1.33 bits per heavy atom. The summed E-state index contributed by atoms with van der Waals surface area (Å²) in [6.07, 6.45) is 10.0. The molecule has 1 saturated carbocycles. The predicted molar refractivity (Wildman–Crippen MR) is 79.5 cm³/mol. The fraction of sp³-hybridized carbons (Fsp3) is 0.500. The first-order valence-electron chi connectivity index (χ1n) is 7.72. The van der Waals surface area contributed by atoms with Gasteiger partial charge in [-0.25, -0.2) is 4.98 Å². The highest BCUT2D eigenvalue weighted by Crippen LogP contribution is 2.42. The molecule has 0 amide bonds. The molecule has 0 aliphatic heterocycles. The Morgan fingerprint density at radius 3 is 3.10 bits per heavy atom. The molecule has 0 aromatic carbocycles. The molecule has 5 heteroatoms. The van der Waals surface area contributed by atoms with Gasteiger partial charge in [-0.05, 0) is 49.3 Å². The van der Waals surface area contributed by atoms with Gasteiger partial charge in [-0.1, -0.05) is 12.2 Å². The van der Waals surface area contributed by atoms with E-state index in [1.165, 1.54) is 12.8 Å². The maximum atomic E-state index is 5.29. The molecule has 2 heterocycles. The lowest BCUT2D eigenvalue weighted by atomic mass is 9.94. The lowest BCUT2D eigenvalue weighted by Crippen LogP contribution is -2.27. The Labute approximate surface area is 123 Å². The Hall–Kier alpha value is -1.88. The van der Waals surface area contributed by atoms with Crippen LogP contribution in [0.4, 0.5) is 0 Å². The van der Waals surface area contributed by atoms with Gasteiger partial charge in [0.05, 0.1) is 6.26 Å². The molecule has 2 aromatic rings. The monoisotopic (exact) mass is 284 g/mol. The van der Waals surface area contributed by atoms with Gasteiger partial charge < -0.3 is 9.73 Å². The minimum atomic E-state index is 0.633. The first-order valence-corrected chi connectivity index (χ1v) is 7.72. The number of hydrogen-bond donors (Lipinski definition) is 2. The average Bonchev–Trinajstić information content (AvgIpc) is 3.27. The highest BCUT2D eigenvalue weighted by atomic mass is 16.3. The average molecular weight is 284 g/mol. The van der Waals surface area contributed by atoms with E-state index in [4.69, 9.17) is 4.42 Å². The van der Waals surface area contributed by atoms with Crippen LogP contribution in [0.25, 0.3) is 11.6 Å². The minimum Gasteiger partial charge on any atom is -0.461 e. The van der Waals surface area contributed by atoms with E-state index in [1.54, 1.807) is 6.26 Å². The minimum absolute atomic E-state index is 0.633. The summed E-state index contributed by atoms with van der Waals surface area (Å²) < 4.78 is 5.29. The van der Waals surface area contributed by atoms with Crippen molar-refractivity contribution in [3.63, 3.8) is 0 Å². The summed E-state index contributed by atoms with van der Waals surface area (Å²) in [5.41, 5.74) is 0. The molecule has 4 rings (SSSR count). The molecular weight excluding hydrogens is 264 g/mol. The zero-order valence-corrected chi connectivity index (χ0v) is 12.0. The van der Waals surface area contributed by atoms with Crippen molar-refractivity contribution in [1.29, 1.82) is 0 Å². The summed E-state index contributed by atoms with van der Waals surface area (Å²) in [6, 6.07) is 3.71. The number of nitrogens with zero attached hydrogens (tertiary/aromatic N) is 2. The smallest absolute Gasteiger partial charge is 0.216 e. The molecule has 0 spiro atoms. The van der Waals surface area contributed by atoms with Crippen LogP contribution >= 0.6 is 0 Å².